The van der Waals surface area contributed by atoms with Gasteiger partial charge in [0.05, 0.1) is 71.0 Å². The third-order valence-corrected chi connectivity index (χ3v) is 12.6. The molecule has 0 aromatic heterocycles. The Labute approximate surface area is 417 Å². The van der Waals surface area contributed by atoms with Crippen LogP contribution in [0.1, 0.15) is 47.2 Å². The smallest absolute Gasteiger partial charge is 0.217 e. The van der Waals surface area contributed by atoms with Crippen LogP contribution in [0.15, 0.2) is 182 Å². The van der Waals surface area contributed by atoms with Gasteiger partial charge in [-0.25, -0.2) is 0 Å². The number of benzene rings is 6. The maximum Gasteiger partial charge on any atom is 0.217 e. The summed E-state index contributed by atoms with van der Waals surface area (Å²) < 4.78 is 48.2. The average molecular weight is 964 g/mol. The molecular weight excluding hydrogens is 899 g/mol. The van der Waals surface area contributed by atoms with E-state index in [4.69, 9.17) is 38.0 Å². The van der Waals surface area contributed by atoms with Crippen LogP contribution in [0.2, 0.25) is 0 Å². The maximum absolute atomic E-state index is 13.5. The van der Waals surface area contributed by atoms with Crippen LogP contribution in [0.3, 0.4) is 0 Å². The first-order valence-corrected chi connectivity index (χ1v) is 24.3. The van der Waals surface area contributed by atoms with E-state index in [0.29, 0.717) is 13.2 Å². The molecule has 2 amide bonds. The molecule has 1 heterocycles. The number of carbonyl (C=O) groups is 2. The summed E-state index contributed by atoms with van der Waals surface area (Å²) >= 11 is 0. The molecule has 2 aliphatic rings. The number of hydrogen-bond donors (Lipinski definition) is 3. The van der Waals surface area contributed by atoms with Gasteiger partial charge in [-0.2, -0.15) is 5.48 Å². The van der Waals surface area contributed by atoms with Crippen LogP contribution in [0.4, 0.5) is 0 Å². The maximum atomic E-state index is 13.5. The van der Waals surface area contributed by atoms with Crippen molar-refractivity contribution in [2.75, 3.05) is 13.2 Å². The second kappa shape index (κ2) is 26.9. The highest BCUT2D eigenvalue weighted by Crippen LogP contribution is 2.38. The van der Waals surface area contributed by atoms with Crippen molar-refractivity contribution < 1.29 is 47.6 Å². The Bertz CT molecular complexity index is 2460. The molecule has 8 rings (SSSR count). The zero-order valence-electron chi connectivity index (χ0n) is 40.3. The molecule has 1 saturated carbocycles. The molecule has 3 N–H and O–H groups in total. The molecule has 0 bridgehead atoms. The monoisotopic (exact) mass is 963 g/mol. The van der Waals surface area contributed by atoms with Gasteiger partial charge in [0.2, 0.25) is 11.8 Å². The van der Waals surface area contributed by atoms with Gasteiger partial charge in [-0.05, 0) is 33.4 Å². The zero-order valence-corrected chi connectivity index (χ0v) is 40.3. The van der Waals surface area contributed by atoms with Gasteiger partial charge in [-0.1, -0.05) is 182 Å². The summed E-state index contributed by atoms with van der Waals surface area (Å²) in [4.78, 5) is 33.1. The van der Waals surface area contributed by atoms with Crippen LogP contribution in [0, 0.1) is 5.92 Å². The summed E-state index contributed by atoms with van der Waals surface area (Å²) in [5.41, 5.74) is 9.07. The Hall–Kier alpha value is -6.10. The van der Waals surface area contributed by atoms with Gasteiger partial charge < -0.3 is 43.8 Å². The van der Waals surface area contributed by atoms with Crippen molar-refractivity contribution in [1.29, 1.82) is 0 Å². The molecule has 2 fully saturated rings. The standard InChI is InChI=1S/C58H65N3O10/c1-41(62)59-52-51(61-69-38-48-31-19-8-20-32-48)49(39-64-33-43-21-9-3-10-22-43)54(56(52)67-36-46-27-15-6-16-28-46)71-58-53(60-42(2)63)57(68-37-47-29-17-7-18-30-47)55(66-35-45-25-13-5-14-26-45)50(70-58)40-65-34-44-23-11-4-12-24-44/h3-32,49-58,61H,33-40H2,1-2H3,(H,59,62)(H,60,63)/t49?,50-,51?,52?,53-,54?,55-,56?,57-,58+/m1/s1. The zero-order chi connectivity index (χ0) is 49.0. The van der Waals surface area contributed by atoms with Crippen molar-refractivity contribution >= 4 is 11.8 Å². The predicted octanol–water partition coefficient (Wildman–Crippen LogP) is 8.02. The summed E-state index contributed by atoms with van der Waals surface area (Å²) in [5.74, 6) is -1.12. The second-order valence-corrected chi connectivity index (χ2v) is 18.0. The van der Waals surface area contributed by atoms with E-state index in [1.165, 1.54) is 13.8 Å². The Morgan fingerprint density at radius 2 is 0.789 bits per heavy atom. The van der Waals surface area contributed by atoms with E-state index in [-0.39, 0.29) is 51.5 Å². The average Bonchev–Trinajstić information content (AvgIpc) is 3.65. The minimum absolute atomic E-state index is 0.0977. The summed E-state index contributed by atoms with van der Waals surface area (Å²) in [6.45, 7) is 4.70. The van der Waals surface area contributed by atoms with Crippen LogP contribution in [-0.2, 0) is 87.2 Å². The van der Waals surface area contributed by atoms with Crippen LogP contribution in [-0.4, -0.2) is 80.0 Å². The van der Waals surface area contributed by atoms with Gasteiger partial charge in [0.15, 0.2) is 6.29 Å². The van der Waals surface area contributed by atoms with E-state index < -0.39 is 60.9 Å². The first kappa shape index (κ1) is 51.3. The van der Waals surface area contributed by atoms with E-state index in [1.807, 2.05) is 182 Å². The SMILES string of the molecule is CC(=O)NC1C(NOCc2ccccc2)C(COCc2ccccc2)C(O[C@@H]2O[C@H](COCc3ccccc3)[C@@H](OCc3ccccc3)[C@H](OCc3ccccc3)[C@H]2NC(C)=O)C1OCc1ccccc1. The van der Waals surface area contributed by atoms with Crippen LogP contribution in [0.25, 0.3) is 0 Å². The predicted molar refractivity (Wildman–Crippen MR) is 268 cm³/mol. The quantitative estimate of drug-likeness (QED) is 0.0480. The van der Waals surface area contributed by atoms with Gasteiger partial charge in [0.1, 0.15) is 30.5 Å². The fourth-order valence-corrected chi connectivity index (χ4v) is 9.21. The third-order valence-electron chi connectivity index (χ3n) is 12.6. The summed E-state index contributed by atoms with van der Waals surface area (Å²) in [6.07, 6.45) is -5.13. The van der Waals surface area contributed by atoms with Gasteiger partial charge in [0, 0.05) is 19.8 Å². The lowest BCUT2D eigenvalue weighted by molar-refractivity contribution is -0.309. The molecule has 1 aliphatic carbocycles. The Morgan fingerprint density at radius 1 is 0.423 bits per heavy atom. The van der Waals surface area contributed by atoms with Crippen molar-refractivity contribution in [3.8, 4) is 0 Å². The number of nitrogens with one attached hydrogen (secondary N) is 3. The Balaban J connectivity index is 1.18. The van der Waals surface area contributed by atoms with Gasteiger partial charge in [0.25, 0.3) is 0 Å². The number of ether oxygens (including phenoxy) is 7. The third kappa shape index (κ3) is 15.2. The van der Waals surface area contributed by atoms with Gasteiger partial charge in [-0.3, -0.25) is 14.4 Å². The molecule has 1 aliphatic heterocycles. The van der Waals surface area contributed by atoms with E-state index in [1.54, 1.807) is 0 Å². The van der Waals surface area contributed by atoms with Crippen LogP contribution in [0.5, 0.6) is 0 Å². The van der Waals surface area contributed by atoms with Crippen molar-refractivity contribution in [2.45, 2.75) is 108 Å². The molecule has 6 aromatic rings. The first-order chi connectivity index (χ1) is 34.9. The number of rotatable bonds is 25. The minimum atomic E-state index is -1.16. The lowest BCUT2D eigenvalue weighted by Crippen LogP contribution is -2.66. The molecule has 0 spiro atoms. The summed E-state index contributed by atoms with van der Waals surface area (Å²) in [7, 11) is 0. The van der Waals surface area contributed by atoms with E-state index in [0.717, 1.165) is 33.4 Å². The molecule has 13 heteroatoms. The number of hydrogen-bond acceptors (Lipinski definition) is 11. The highest BCUT2D eigenvalue weighted by atomic mass is 16.7. The highest BCUT2D eigenvalue weighted by molar-refractivity contribution is 5.74. The van der Waals surface area contributed by atoms with Crippen molar-refractivity contribution in [3.05, 3.63) is 215 Å². The fourth-order valence-electron chi connectivity index (χ4n) is 9.21. The Kier molecular flexibility index (Phi) is 19.4. The van der Waals surface area contributed by atoms with E-state index in [9.17, 15) is 9.59 Å². The molecule has 5 unspecified atom stereocenters. The molecule has 372 valence electrons. The number of amides is 2. The van der Waals surface area contributed by atoms with E-state index in [2.05, 4.69) is 16.1 Å². The molecule has 10 atom stereocenters. The largest absolute Gasteiger partial charge is 0.376 e. The Morgan fingerprint density at radius 3 is 1.23 bits per heavy atom. The van der Waals surface area contributed by atoms with E-state index >= 15 is 0 Å². The second-order valence-electron chi connectivity index (χ2n) is 18.0. The van der Waals surface area contributed by atoms with Gasteiger partial charge in [-0.15, -0.1) is 0 Å². The lowest BCUT2D eigenvalue weighted by atomic mass is 9.95. The minimum Gasteiger partial charge on any atom is -0.376 e. The highest BCUT2D eigenvalue weighted by Gasteiger charge is 2.57. The molecule has 0 radical (unpaired) electrons. The van der Waals surface area contributed by atoms with Crippen LogP contribution >= 0.6 is 0 Å². The first-order valence-electron chi connectivity index (χ1n) is 24.3. The normalized spacial score (nSPS) is 24.0. The molecule has 13 nitrogen and oxygen atoms in total. The fraction of sp³-hybridized carbons (Fsp3) is 0.345. The lowest BCUT2D eigenvalue weighted by Gasteiger charge is -2.47. The van der Waals surface area contributed by atoms with Gasteiger partial charge >= 0.3 is 0 Å². The molecule has 6 aromatic carbocycles. The van der Waals surface area contributed by atoms with Crippen molar-refractivity contribution in [1.82, 2.24) is 16.1 Å². The molecular formula is C58H65N3O10. The number of carbonyl (C=O) groups excluding carboxylic acids is 2. The molecule has 71 heavy (non-hydrogen) atoms. The van der Waals surface area contributed by atoms with Crippen LogP contribution < -0.4 is 16.1 Å². The number of hydroxylamine groups is 1. The summed E-state index contributed by atoms with van der Waals surface area (Å²) in [6, 6.07) is 57.0. The topological polar surface area (TPSA) is 144 Å². The van der Waals surface area contributed by atoms with Crippen molar-refractivity contribution in [3.63, 3.8) is 0 Å². The molecule has 1 saturated heterocycles. The van der Waals surface area contributed by atoms with Crippen molar-refractivity contribution in [2.24, 2.45) is 5.92 Å². The summed E-state index contributed by atoms with van der Waals surface area (Å²) in [5, 5.41) is 6.36.